The molecule has 0 fully saturated rings. The second-order valence-electron chi connectivity index (χ2n) is 3.84. The molecule has 0 aliphatic rings. The second-order valence-corrected chi connectivity index (χ2v) is 4.44. The summed E-state index contributed by atoms with van der Waals surface area (Å²) < 4.78 is 21.4. The number of ether oxygens (including phenoxy) is 3. The summed E-state index contributed by atoms with van der Waals surface area (Å²) >= 11 is 1.36. The van der Waals surface area contributed by atoms with Crippen molar-refractivity contribution in [1.82, 2.24) is 0 Å². The third-order valence-electron chi connectivity index (χ3n) is 2.62. The summed E-state index contributed by atoms with van der Waals surface area (Å²) in [5, 5.41) is 0. The van der Waals surface area contributed by atoms with Gasteiger partial charge in [-0.05, 0) is 0 Å². The molecule has 0 aromatic heterocycles. The Morgan fingerprint density at radius 2 is 1.89 bits per heavy atom. The molecule has 0 aliphatic heterocycles. The molecule has 2 radical (unpaired) electrons. The van der Waals surface area contributed by atoms with Crippen LogP contribution in [0, 0.1) is 0 Å². The minimum atomic E-state index is 0.180. The molecule has 4 nitrogen and oxygen atoms in total. The molecule has 0 aliphatic carbocycles. The van der Waals surface area contributed by atoms with Crippen LogP contribution in [0.2, 0.25) is 0 Å². The van der Waals surface area contributed by atoms with Crippen LogP contribution in [-0.2, 0) is 14.4 Å². The van der Waals surface area contributed by atoms with Crippen LogP contribution in [0.4, 0.5) is 0 Å². The van der Waals surface area contributed by atoms with Crippen LogP contribution in [0.5, 0.6) is 11.5 Å². The van der Waals surface area contributed by atoms with Crippen molar-refractivity contribution in [2.75, 3.05) is 20.8 Å². The Balaban J connectivity index is 2.52. The molecular weight excluding hydrogens is 342 g/mol. The zero-order chi connectivity index (χ0) is 13.4. The first-order valence-electron chi connectivity index (χ1n) is 5.84. The standard InChI is InChI=1S/C13H19O4.Sb/c1-4-11(14)9-17-8-10-5-6-12(15-2)13(7-10)16-3;/h5-7,11H,4,8-9H2,1-3H3;/q-1;+1. The van der Waals surface area contributed by atoms with E-state index in [0.717, 1.165) is 23.5 Å². The first-order valence-corrected chi connectivity index (χ1v) is 6.88. The van der Waals surface area contributed by atoms with Gasteiger partial charge in [-0.15, -0.1) is 0 Å². The summed E-state index contributed by atoms with van der Waals surface area (Å²) in [5.74, 6) is 1.45. The summed E-state index contributed by atoms with van der Waals surface area (Å²) in [7, 11) is 3.25. The molecule has 0 N–H and O–H groups in total. The molecule has 0 spiro atoms. The number of rotatable bonds is 8. The molecular formula is C13H19O4Sb. The van der Waals surface area contributed by atoms with Crippen molar-refractivity contribution in [3.05, 3.63) is 23.8 Å². The van der Waals surface area contributed by atoms with E-state index in [9.17, 15) is 0 Å². The molecule has 1 aromatic rings. The fourth-order valence-corrected chi connectivity index (χ4v) is 2.10. The molecule has 100 valence electrons. The van der Waals surface area contributed by atoms with Gasteiger partial charge in [-0.2, -0.15) is 0 Å². The molecule has 5 heteroatoms. The summed E-state index contributed by atoms with van der Waals surface area (Å²) in [6.45, 7) is 3.24. The van der Waals surface area contributed by atoms with E-state index < -0.39 is 0 Å². The van der Waals surface area contributed by atoms with E-state index in [2.05, 4.69) is 6.92 Å². The van der Waals surface area contributed by atoms with E-state index in [1.165, 1.54) is 23.4 Å². The molecule has 1 unspecified atom stereocenters. The maximum absolute atomic E-state index is 5.62. The Hall–Kier alpha value is -0.442. The average Bonchev–Trinajstić information content (AvgIpc) is 2.43. The molecule has 0 heterocycles. The number of benzene rings is 1. The zero-order valence-corrected chi connectivity index (χ0v) is 13.6. The van der Waals surface area contributed by atoms with Crippen molar-refractivity contribution in [2.45, 2.75) is 26.1 Å². The van der Waals surface area contributed by atoms with E-state index in [1.54, 1.807) is 14.2 Å². The molecule has 1 rings (SSSR count). The number of methoxy groups -OCH3 is 2. The Kier molecular flexibility index (Phi) is 7.48. The SMILES string of the molecule is CCC(COCc1ccc(OC)c(OC)c1)[O][Sb]. The van der Waals surface area contributed by atoms with Crippen LogP contribution in [0.3, 0.4) is 0 Å². The zero-order valence-electron chi connectivity index (χ0n) is 11.0. The Morgan fingerprint density at radius 1 is 1.17 bits per heavy atom. The van der Waals surface area contributed by atoms with Crippen LogP contribution < -0.4 is 9.47 Å². The third kappa shape index (κ3) is 4.67. The predicted octanol–water partition coefficient (Wildman–Crippen LogP) is 2.10. The van der Waals surface area contributed by atoms with Gasteiger partial charge in [-0.25, -0.2) is 0 Å². The Morgan fingerprint density at radius 3 is 2.44 bits per heavy atom. The van der Waals surface area contributed by atoms with Gasteiger partial charge in [0.05, 0.1) is 0 Å². The van der Waals surface area contributed by atoms with Crippen LogP contribution in [0.1, 0.15) is 18.9 Å². The summed E-state index contributed by atoms with van der Waals surface area (Å²) in [6, 6.07) is 5.78. The third-order valence-corrected chi connectivity index (χ3v) is 3.48. The first-order chi connectivity index (χ1) is 8.74. The predicted molar refractivity (Wildman–Crippen MR) is 70.1 cm³/mol. The normalized spacial score (nSPS) is 12.2. The van der Waals surface area contributed by atoms with Gasteiger partial charge < -0.3 is 0 Å². The van der Waals surface area contributed by atoms with Crippen molar-refractivity contribution in [3.63, 3.8) is 0 Å². The van der Waals surface area contributed by atoms with Crippen LogP contribution >= 0.6 is 0 Å². The van der Waals surface area contributed by atoms with Gasteiger partial charge in [-0.1, -0.05) is 0 Å². The molecule has 18 heavy (non-hydrogen) atoms. The minimum absolute atomic E-state index is 0.180. The van der Waals surface area contributed by atoms with Gasteiger partial charge in [0.15, 0.2) is 0 Å². The van der Waals surface area contributed by atoms with Gasteiger partial charge in [0.2, 0.25) is 0 Å². The summed E-state index contributed by atoms with van der Waals surface area (Å²) in [4.78, 5) is 0. The van der Waals surface area contributed by atoms with Gasteiger partial charge >= 0.3 is 123 Å². The fraction of sp³-hybridized carbons (Fsp3) is 0.538. The quantitative estimate of drug-likeness (QED) is 0.665. The van der Waals surface area contributed by atoms with E-state index in [0.29, 0.717) is 13.2 Å². The van der Waals surface area contributed by atoms with Gasteiger partial charge in [0.25, 0.3) is 0 Å². The number of hydrogen-bond donors (Lipinski definition) is 0. The maximum atomic E-state index is 5.62. The Bertz CT molecular complexity index is 353. The van der Waals surface area contributed by atoms with Crippen molar-refractivity contribution in [2.24, 2.45) is 0 Å². The molecule has 0 saturated carbocycles. The van der Waals surface area contributed by atoms with E-state index in [1.807, 2.05) is 18.2 Å². The molecule has 0 bridgehead atoms. The van der Waals surface area contributed by atoms with E-state index in [4.69, 9.17) is 17.2 Å². The van der Waals surface area contributed by atoms with E-state index >= 15 is 0 Å². The molecule has 0 saturated heterocycles. The van der Waals surface area contributed by atoms with Gasteiger partial charge in [0, 0.05) is 0 Å². The van der Waals surface area contributed by atoms with Crippen molar-refractivity contribution in [3.8, 4) is 11.5 Å². The fourth-order valence-electron chi connectivity index (χ4n) is 1.50. The van der Waals surface area contributed by atoms with Crippen LogP contribution in [0.25, 0.3) is 0 Å². The van der Waals surface area contributed by atoms with E-state index in [-0.39, 0.29) is 6.10 Å². The van der Waals surface area contributed by atoms with Crippen LogP contribution in [0.15, 0.2) is 18.2 Å². The first kappa shape index (κ1) is 15.6. The molecule has 1 atom stereocenters. The summed E-state index contributed by atoms with van der Waals surface area (Å²) in [5.41, 5.74) is 1.06. The van der Waals surface area contributed by atoms with Crippen molar-refractivity contribution in [1.29, 1.82) is 0 Å². The second kappa shape index (κ2) is 8.62. The van der Waals surface area contributed by atoms with Gasteiger partial charge in [0.1, 0.15) is 0 Å². The monoisotopic (exact) mass is 360 g/mol. The Labute approximate surface area is 123 Å². The van der Waals surface area contributed by atoms with Crippen LogP contribution in [-0.4, -0.2) is 50.4 Å². The topological polar surface area (TPSA) is 36.9 Å². The number of hydrogen-bond acceptors (Lipinski definition) is 4. The molecule has 0 amide bonds. The molecule has 1 aromatic carbocycles. The van der Waals surface area contributed by atoms with Gasteiger partial charge in [-0.3, -0.25) is 0 Å². The summed E-state index contributed by atoms with van der Waals surface area (Å²) in [6.07, 6.45) is 1.14. The van der Waals surface area contributed by atoms with Crippen molar-refractivity contribution < 1.29 is 17.2 Å². The average molecular weight is 361 g/mol. The van der Waals surface area contributed by atoms with Crippen molar-refractivity contribution >= 4 is 23.4 Å².